The van der Waals surface area contributed by atoms with Crippen molar-refractivity contribution in [3.05, 3.63) is 48.0 Å². The fourth-order valence-corrected chi connectivity index (χ4v) is 4.53. The van der Waals surface area contributed by atoms with Gasteiger partial charge in [0, 0.05) is 12.1 Å². The SMILES string of the molecule is CCCC(=O)Nc1ccc2nc(NS(=O)(=O)c3ccc(C)cc3)sc2c1. The maximum atomic E-state index is 12.5. The normalized spacial score (nSPS) is 11.5. The van der Waals surface area contributed by atoms with Crippen LogP contribution in [0.3, 0.4) is 0 Å². The monoisotopic (exact) mass is 389 g/mol. The molecular formula is C18H19N3O3S2. The van der Waals surface area contributed by atoms with Gasteiger partial charge in [-0.2, -0.15) is 0 Å². The Balaban J connectivity index is 1.82. The number of anilines is 2. The van der Waals surface area contributed by atoms with E-state index in [9.17, 15) is 13.2 Å². The van der Waals surface area contributed by atoms with Gasteiger partial charge in [0.15, 0.2) is 5.13 Å². The Morgan fingerprint density at radius 3 is 2.58 bits per heavy atom. The van der Waals surface area contributed by atoms with Gasteiger partial charge in [0.2, 0.25) is 5.91 Å². The Bertz CT molecular complexity index is 1040. The van der Waals surface area contributed by atoms with Crippen molar-refractivity contribution in [1.29, 1.82) is 0 Å². The lowest BCUT2D eigenvalue weighted by Gasteiger charge is -2.04. The molecule has 0 aliphatic heterocycles. The second kappa shape index (κ2) is 7.43. The molecule has 3 aromatic rings. The number of carbonyl (C=O) groups excluding carboxylic acids is 1. The maximum absolute atomic E-state index is 12.5. The molecule has 0 atom stereocenters. The number of carbonyl (C=O) groups is 1. The summed E-state index contributed by atoms with van der Waals surface area (Å²) in [6.07, 6.45) is 1.24. The van der Waals surface area contributed by atoms with E-state index < -0.39 is 10.0 Å². The number of sulfonamides is 1. The Kier molecular flexibility index (Phi) is 5.24. The third-order valence-corrected chi connectivity index (χ3v) is 6.12. The summed E-state index contributed by atoms with van der Waals surface area (Å²) in [5, 5.41) is 3.11. The van der Waals surface area contributed by atoms with Crippen LogP contribution in [0, 0.1) is 6.92 Å². The zero-order valence-electron chi connectivity index (χ0n) is 14.4. The number of thiazole rings is 1. The summed E-state index contributed by atoms with van der Waals surface area (Å²) in [7, 11) is -3.69. The molecule has 26 heavy (non-hydrogen) atoms. The predicted octanol–water partition coefficient (Wildman–Crippen LogP) is 4.14. The van der Waals surface area contributed by atoms with Crippen molar-refractivity contribution in [2.45, 2.75) is 31.6 Å². The lowest BCUT2D eigenvalue weighted by molar-refractivity contribution is -0.116. The van der Waals surface area contributed by atoms with Crippen molar-refractivity contribution in [3.63, 3.8) is 0 Å². The molecule has 136 valence electrons. The molecule has 0 unspecified atom stereocenters. The van der Waals surface area contributed by atoms with Crippen LogP contribution in [0.25, 0.3) is 10.2 Å². The minimum absolute atomic E-state index is 0.0448. The topological polar surface area (TPSA) is 88.2 Å². The number of nitrogens with one attached hydrogen (secondary N) is 2. The average Bonchev–Trinajstić information content (AvgIpc) is 2.96. The van der Waals surface area contributed by atoms with Crippen molar-refractivity contribution >= 4 is 48.3 Å². The molecule has 2 N–H and O–H groups in total. The summed E-state index contributed by atoms with van der Waals surface area (Å²) >= 11 is 1.22. The highest BCUT2D eigenvalue weighted by molar-refractivity contribution is 7.93. The van der Waals surface area contributed by atoms with E-state index in [2.05, 4.69) is 15.0 Å². The highest BCUT2D eigenvalue weighted by atomic mass is 32.2. The summed E-state index contributed by atoms with van der Waals surface area (Å²) in [5.41, 5.74) is 2.33. The quantitative estimate of drug-likeness (QED) is 0.663. The molecule has 3 rings (SSSR count). The summed E-state index contributed by atoms with van der Waals surface area (Å²) in [6, 6.07) is 11.9. The van der Waals surface area contributed by atoms with Gasteiger partial charge in [-0.1, -0.05) is 36.0 Å². The van der Waals surface area contributed by atoms with Crippen LogP contribution in [0.15, 0.2) is 47.4 Å². The van der Waals surface area contributed by atoms with E-state index >= 15 is 0 Å². The van der Waals surface area contributed by atoms with Crippen LogP contribution in [0.5, 0.6) is 0 Å². The largest absolute Gasteiger partial charge is 0.326 e. The molecule has 0 spiro atoms. The van der Waals surface area contributed by atoms with Crippen molar-refractivity contribution in [2.75, 3.05) is 10.0 Å². The van der Waals surface area contributed by atoms with E-state index in [0.29, 0.717) is 17.6 Å². The number of aromatic nitrogens is 1. The third-order valence-electron chi connectivity index (χ3n) is 3.70. The lowest BCUT2D eigenvalue weighted by Crippen LogP contribution is -2.12. The van der Waals surface area contributed by atoms with Crippen LogP contribution in [0.2, 0.25) is 0 Å². The van der Waals surface area contributed by atoms with E-state index in [-0.39, 0.29) is 15.9 Å². The molecule has 0 radical (unpaired) electrons. The predicted molar refractivity (Wildman–Crippen MR) is 105 cm³/mol. The Morgan fingerprint density at radius 2 is 1.88 bits per heavy atom. The molecule has 0 aliphatic carbocycles. The summed E-state index contributed by atoms with van der Waals surface area (Å²) < 4.78 is 28.3. The highest BCUT2D eigenvalue weighted by Gasteiger charge is 2.16. The molecule has 6 nitrogen and oxygen atoms in total. The van der Waals surface area contributed by atoms with Crippen LogP contribution < -0.4 is 10.0 Å². The number of amides is 1. The van der Waals surface area contributed by atoms with Crippen LogP contribution in [-0.2, 0) is 14.8 Å². The van der Waals surface area contributed by atoms with Gasteiger partial charge in [-0.25, -0.2) is 13.4 Å². The first kappa shape index (κ1) is 18.3. The minimum atomic E-state index is -3.69. The standard InChI is InChI=1S/C18H19N3O3S2/c1-3-4-17(22)19-13-7-10-15-16(11-13)25-18(20-15)21-26(23,24)14-8-5-12(2)6-9-14/h5-11H,3-4H2,1-2H3,(H,19,22)(H,20,21). The number of rotatable bonds is 6. The molecule has 0 aliphatic rings. The van der Waals surface area contributed by atoms with Crippen molar-refractivity contribution in [2.24, 2.45) is 0 Å². The van der Waals surface area contributed by atoms with Gasteiger partial charge in [-0.15, -0.1) is 0 Å². The van der Waals surface area contributed by atoms with E-state index in [1.807, 2.05) is 13.8 Å². The number of benzene rings is 2. The van der Waals surface area contributed by atoms with Gasteiger partial charge in [-0.3, -0.25) is 9.52 Å². The summed E-state index contributed by atoms with van der Waals surface area (Å²) in [6.45, 7) is 3.84. The fraction of sp³-hybridized carbons (Fsp3) is 0.222. The molecule has 0 bridgehead atoms. The number of aryl methyl sites for hydroxylation is 1. The number of hydrogen-bond donors (Lipinski definition) is 2. The zero-order chi connectivity index (χ0) is 18.7. The van der Waals surface area contributed by atoms with Gasteiger partial charge in [0.1, 0.15) is 0 Å². The molecular weight excluding hydrogens is 370 g/mol. The van der Waals surface area contributed by atoms with E-state index in [1.54, 1.807) is 42.5 Å². The molecule has 2 aromatic carbocycles. The molecule has 8 heteroatoms. The highest BCUT2D eigenvalue weighted by Crippen LogP contribution is 2.30. The van der Waals surface area contributed by atoms with Crippen LogP contribution >= 0.6 is 11.3 Å². The first-order valence-corrected chi connectivity index (χ1v) is 10.5. The average molecular weight is 390 g/mol. The molecule has 1 amide bonds. The van der Waals surface area contributed by atoms with Gasteiger partial charge in [0.05, 0.1) is 15.1 Å². The van der Waals surface area contributed by atoms with E-state index in [0.717, 1.165) is 16.7 Å². The van der Waals surface area contributed by atoms with Crippen molar-refractivity contribution < 1.29 is 13.2 Å². The Hall–Kier alpha value is -2.45. The lowest BCUT2D eigenvalue weighted by atomic mass is 10.2. The second-order valence-electron chi connectivity index (χ2n) is 5.92. The van der Waals surface area contributed by atoms with E-state index in [4.69, 9.17) is 0 Å². The minimum Gasteiger partial charge on any atom is -0.326 e. The molecule has 0 fully saturated rings. The van der Waals surface area contributed by atoms with Crippen molar-refractivity contribution in [1.82, 2.24) is 4.98 Å². The first-order valence-electron chi connectivity index (χ1n) is 8.17. The zero-order valence-corrected chi connectivity index (χ0v) is 16.1. The molecule has 0 saturated heterocycles. The number of hydrogen-bond acceptors (Lipinski definition) is 5. The Labute approximate surface area is 156 Å². The smallest absolute Gasteiger partial charge is 0.263 e. The number of nitrogens with zero attached hydrogens (tertiary/aromatic N) is 1. The molecule has 0 saturated carbocycles. The second-order valence-corrected chi connectivity index (χ2v) is 8.63. The third kappa shape index (κ3) is 4.20. The van der Waals surface area contributed by atoms with Gasteiger partial charge >= 0.3 is 0 Å². The Morgan fingerprint density at radius 1 is 1.15 bits per heavy atom. The molecule has 1 aromatic heterocycles. The maximum Gasteiger partial charge on any atom is 0.263 e. The molecule has 1 heterocycles. The van der Waals surface area contributed by atoms with Crippen LogP contribution in [-0.4, -0.2) is 19.3 Å². The number of fused-ring (bicyclic) bond motifs is 1. The van der Waals surface area contributed by atoms with E-state index in [1.165, 1.54) is 11.3 Å². The van der Waals surface area contributed by atoms with Gasteiger partial charge < -0.3 is 5.32 Å². The van der Waals surface area contributed by atoms with Crippen LogP contribution in [0.4, 0.5) is 10.8 Å². The first-order chi connectivity index (χ1) is 12.4. The van der Waals surface area contributed by atoms with Crippen molar-refractivity contribution in [3.8, 4) is 0 Å². The van der Waals surface area contributed by atoms with Crippen LogP contribution in [0.1, 0.15) is 25.3 Å². The fourth-order valence-electron chi connectivity index (χ4n) is 2.39. The summed E-state index contributed by atoms with van der Waals surface area (Å²) in [5.74, 6) is -0.0448. The summed E-state index contributed by atoms with van der Waals surface area (Å²) in [4.78, 5) is 16.2. The van der Waals surface area contributed by atoms with Gasteiger partial charge in [0.25, 0.3) is 10.0 Å². The van der Waals surface area contributed by atoms with Gasteiger partial charge in [-0.05, 0) is 43.7 Å².